The van der Waals surface area contributed by atoms with Gasteiger partial charge in [-0.2, -0.15) is 0 Å². The van der Waals surface area contributed by atoms with Gasteiger partial charge in [-0.3, -0.25) is 9.59 Å². The number of aryl methyl sites for hydroxylation is 1. The van der Waals surface area contributed by atoms with Crippen LogP contribution in [0.25, 0.3) is 0 Å². The van der Waals surface area contributed by atoms with Crippen molar-refractivity contribution in [1.29, 1.82) is 0 Å². The molecule has 2 unspecified atom stereocenters. The number of carboxylic acid groups (broad SMARTS) is 1. The fourth-order valence-corrected chi connectivity index (χ4v) is 2.12. The van der Waals surface area contributed by atoms with Crippen LogP contribution in [-0.4, -0.2) is 50.2 Å². The van der Waals surface area contributed by atoms with Crippen LogP contribution in [0.5, 0.6) is 0 Å². The van der Waals surface area contributed by atoms with Gasteiger partial charge in [-0.05, 0) is 6.07 Å². The minimum absolute atomic E-state index is 0.00587. The van der Waals surface area contributed by atoms with E-state index >= 15 is 0 Å². The number of rotatable bonds is 2. The van der Waals surface area contributed by atoms with Gasteiger partial charge in [0, 0.05) is 37.8 Å². The van der Waals surface area contributed by atoms with Gasteiger partial charge in [0.25, 0.3) is 11.5 Å². The average Bonchev–Trinajstić information content (AvgIpc) is 2.74. The van der Waals surface area contributed by atoms with E-state index in [1.807, 2.05) is 0 Å². The number of amides is 1. The average molecular weight is 266 g/mol. The van der Waals surface area contributed by atoms with Crippen molar-refractivity contribution in [3.63, 3.8) is 0 Å². The van der Waals surface area contributed by atoms with Gasteiger partial charge in [0.2, 0.25) is 0 Å². The highest BCUT2D eigenvalue weighted by Gasteiger charge is 2.39. The second kappa shape index (κ2) is 4.85. The van der Waals surface area contributed by atoms with Gasteiger partial charge in [-0.25, -0.2) is 4.79 Å². The first-order chi connectivity index (χ1) is 8.90. The maximum Gasteiger partial charge on any atom is 0.326 e. The van der Waals surface area contributed by atoms with Crippen molar-refractivity contribution in [2.45, 2.75) is 18.6 Å². The summed E-state index contributed by atoms with van der Waals surface area (Å²) in [7, 11) is 1.55. The molecule has 7 heteroatoms. The largest absolute Gasteiger partial charge is 0.480 e. The first kappa shape index (κ1) is 13.3. The minimum atomic E-state index is -1.16. The SMILES string of the molecule is Cn1ccc(C(=O)N2CC(O)CC2C(=O)O)cc1=O. The number of carbonyl (C=O) groups is 2. The van der Waals surface area contributed by atoms with E-state index in [0.29, 0.717) is 0 Å². The molecule has 2 rings (SSSR count). The summed E-state index contributed by atoms with van der Waals surface area (Å²) in [5.41, 5.74) is -0.221. The Hall–Kier alpha value is -2.15. The summed E-state index contributed by atoms with van der Waals surface area (Å²) >= 11 is 0. The number of aliphatic hydroxyl groups is 1. The summed E-state index contributed by atoms with van der Waals surface area (Å²) in [5.74, 6) is -1.71. The van der Waals surface area contributed by atoms with Crippen LogP contribution in [0.4, 0.5) is 0 Å². The molecule has 1 aliphatic heterocycles. The zero-order valence-electron chi connectivity index (χ0n) is 10.3. The maximum absolute atomic E-state index is 12.2. The minimum Gasteiger partial charge on any atom is -0.480 e. The molecule has 2 N–H and O–H groups in total. The molecule has 1 saturated heterocycles. The highest BCUT2D eigenvalue weighted by molar-refractivity contribution is 5.96. The number of likely N-dealkylation sites (tertiary alicyclic amines) is 1. The van der Waals surface area contributed by atoms with Crippen LogP contribution in [0.1, 0.15) is 16.8 Å². The van der Waals surface area contributed by atoms with E-state index in [1.54, 1.807) is 7.05 Å². The molecule has 0 bridgehead atoms. The molecule has 1 fully saturated rings. The van der Waals surface area contributed by atoms with Crippen LogP contribution in [0, 0.1) is 0 Å². The summed E-state index contributed by atoms with van der Waals surface area (Å²) in [6.07, 6.45) is 0.598. The number of aromatic nitrogens is 1. The highest BCUT2D eigenvalue weighted by atomic mass is 16.4. The highest BCUT2D eigenvalue weighted by Crippen LogP contribution is 2.20. The van der Waals surface area contributed by atoms with Crippen molar-refractivity contribution in [2.24, 2.45) is 7.05 Å². The summed E-state index contributed by atoms with van der Waals surface area (Å²) in [5, 5.41) is 18.5. The summed E-state index contributed by atoms with van der Waals surface area (Å²) < 4.78 is 1.31. The molecule has 1 aliphatic rings. The molecule has 19 heavy (non-hydrogen) atoms. The topological polar surface area (TPSA) is 99.8 Å². The molecule has 0 spiro atoms. The fourth-order valence-electron chi connectivity index (χ4n) is 2.12. The number of carboxylic acids is 1. The van der Waals surface area contributed by atoms with Crippen molar-refractivity contribution < 1.29 is 19.8 Å². The molecule has 0 radical (unpaired) electrons. The number of β-amino-alcohol motifs (C(OH)–C–C–N with tert-alkyl or cyclic N) is 1. The van der Waals surface area contributed by atoms with Gasteiger partial charge in [0.05, 0.1) is 6.10 Å². The molecular formula is C12H14N2O5. The lowest BCUT2D eigenvalue weighted by molar-refractivity contribution is -0.141. The molecular weight excluding hydrogens is 252 g/mol. The third-order valence-electron chi connectivity index (χ3n) is 3.18. The van der Waals surface area contributed by atoms with Crippen LogP contribution >= 0.6 is 0 Å². The van der Waals surface area contributed by atoms with E-state index < -0.39 is 24.0 Å². The molecule has 1 amide bonds. The third kappa shape index (κ3) is 2.50. The number of pyridine rings is 1. The second-order valence-electron chi connectivity index (χ2n) is 4.57. The van der Waals surface area contributed by atoms with Crippen molar-refractivity contribution in [3.05, 3.63) is 34.2 Å². The predicted molar refractivity (Wildman–Crippen MR) is 64.8 cm³/mol. The van der Waals surface area contributed by atoms with Crippen LogP contribution in [0.2, 0.25) is 0 Å². The van der Waals surface area contributed by atoms with E-state index in [-0.39, 0.29) is 24.1 Å². The Morgan fingerprint density at radius 1 is 1.42 bits per heavy atom. The van der Waals surface area contributed by atoms with E-state index in [1.165, 1.54) is 16.8 Å². The lowest BCUT2D eigenvalue weighted by Crippen LogP contribution is -2.41. The number of carbonyl (C=O) groups excluding carboxylic acids is 1. The second-order valence-corrected chi connectivity index (χ2v) is 4.57. The molecule has 7 nitrogen and oxygen atoms in total. The lowest BCUT2D eigenvalue weighted by Gasteiger charge is -2.21. The van der Waals surface area contributed by atoms with Crippen molar-refractivity contribution in [3.8, 4) is 0 Å². The zero-order valence-corrected chi connectivity index (χ0v) is 10.3. The number of nitrogens with zero attached hydrogens (tertiary/aromatic N) is 2. The fraction of sp³-hybridized carbons (Fsp3) is 0.417. The number of aliphatic carboxylic acids is 1. The smallest absolute Gasteiger partial charge is 0.326 e. The molecule has 2 heterocycles. The molecule has 0 aliphatic carbocycles. The van der Waals surface area contributed by atoms with E-state index in [0.717, 1.165) is 11.0 Å². The normalized spacial score (nSPS) is 22.5. The van der Waals surface area contributed by atoms with Crippen LogP contribution in [-0.2, 0) is 11.8 Å². The summed E-state index contributed by atoms with van der Waals surface area (Å²) in [4.78, 5) is 35.8. The maximum atomic E-state index is 12.2. The molecule has 102 valence electrons. The van der Waals surface area contributed by atoms with E-state index in [4.69, 9.17) is 5.11 Å². The van der Waals surface area contributed by atoms with E-state index in [9.17, 15) is 19.5 Å². The van der Waals surface area contributed by atoms with Crippen molar-refractivity contribution >= 4 is 11.9 Å². The van der Waals surface area contributed by atoms with Gasteiger partial charge in [0.15, 0.2) is 0 Å². The number of hydrogen-bond donors (Lipinski definition) is 2. The Kier molecular flexibility index (Phi) is 3.39. The Labute approximate surface area is 108 Å². The standard InChI is InChI=1S/C12H14N2O5/c1-13-3-2-7(4-10(13)16)11(17)14-6-8(15)5-9(14)12(18)19/h2-4,8-9,15H,5-6H2,1H3,(H,18,19). The predicted octanol–water partition coefficient (Wildman–Crippen LogP) is -0.955. The molecule has 1 aromatic rings. The van der Waals surface area contributed by atoms with Gasteiger partial charge in [-0.15, -0.1) is 0 Å². The Morgan fingerprint density at radius 3 is 2.68 bits per heavy atom. The molecule has 0 aromatic carbocycles. The van der Waals surface area contributed by atoms with Gasteiger partial charge in [0.1, 0.15) is 6.04 Å². The van der Waals surface area contributed by atoms with Crippen LogP contribution in [0.3, 0.4) is 0 Å². The molecule has 0 saturated carbocycles. The zero-order chi connectivity index (χ0) is 14.2. The first-order valence-corrected chi connectivity index (χ1v) is 5.78. The van der Waals surface area contributed by atoms with Gasteiger partial charge >= 0.3 is 5.97 Å². The van der Waals surface area contributed by atoms with Crippen LogP contribution < -0.4 is 5.56 Å². The van der Waals surface area contributed by atoms with Gasteiger partial charge in [-0.1, -0.05) is 0 Å². The van der Waals surface area contributed by atoms with Crippen molar-refractivity contribution in [1.82, 2.24) is 9.47 Å². The molecule has 2 atom stereocenters. The third-order valence-corrected chi connectivity index (χ3v) is 3.18. The van der Waals surface area contributed by atoms with Crippen LogP contribution in [0.15, 0.2) is 23.1 Å². The monoisotopic (exact) mass is 266 g/mol. The quantitative estimate of drug-likeness (QED) is 0.718. The Balaban J connectivity index is 2.30. The first-order valence-electron chi connectivity index (χ1n) is 5.78. The molecule has 1 aromatic heterocycles. The van der Waals surface area contributed by atoms with Crippen molar-refractivity contribution in [2.75, 3.05) is 6.54 Å². The van der Waals surface area contributed by atoms with Gasteiger partial charge < -0.3 is 19.7 Å². The Morgan fingerprint density at radius 2 is 2.11 bits per heavy atom. The number of hydrogen-bond acceptors (Lipinski definition) is 4. The number of aliphatic hydroxyl groups excluding tert-OH is 1. The Bertz CT molecular complexity index is 580. The lowest BCUT2D eigenvalue weighted by atomic mass is 10.2. The van der Waals surface area contributed by atoms with E-state index in [2.05, 4.69) is 0 Å². The summed E-state index contributed by atoms with van der Waals surface area (Å²) in [6, 6.07) is 1.56. The summed E-state index contributed by atoms with van der Waals surface area (Å²) in [6.45, 7) is -0.0367.